The Morgan fingerprint density at radius 2 is 1.74 bits per heavy atom. The molecule has 1 fully saturated rings. The lowest BCUT2D eigenvalue weighted by Crippen LogP contribution is -2.36. The molecule has 0 spiro atoms. The first-order chi connectivity index (χ1) is 18.5. The van der Waals surface area contributed by atoms with Gasteiger partial charge in [-0.1, -0.05) is 24.3 Å². The third kappa shape index (κ3) is 5.09. The van der Waals surface area contributed by atoms with Gasteiger partial charge in [0.05, 0.1) is 22.1 Å². The van der Waals surface area contributed by atoms with Crippen molar-refractivity contribution in [2.24, 2.45) is 5.92 Å². The molecule has 0 atom stereocenters. The van der Waals surface area contributed by atoms with Gasteiger partial charge in [0, 0.05) is 25.6 Å². The highest BCUT2D eigenvalue weighted by atomic mass is 19.1. The lowest BCUT2D eigenvalue weighted by molar-refractivity contribution is 0.178. The molecular weight excluding hydrogens is 481 g/mol. The van der Waals surface area contributed by atoms with Crippen LogP contribution in [0.4, 0.5) is 4.39 Å². The molecule has 8 heteroatoms. The maximum Gasteiger partial charge on any atom is 0.326 e. The van der Waals surface area contributed by atoms with Crippen molar-refractivity contribution < 1.29 is 9.50 Å². The molecule has 0 amide bonds. The predicted molar refractivity (Wildman–Crippen MR) is 147 cm³/mol. The average molecular weight is 514 g/mol. The summed E-state index contributed by atoms with van der Waals surface area (Å²) in [5.74, 6) is 1.50. The Balaban J connectivity index is 1.09. The molecule has 38 heavy (non-hydrogen) atoms. The lowest BCUT2D eigenvalue weighted by atomic mass is 9.93. The van der Waals surface area contributed by atoms with Gasteiger partial charge in [0.2, 0.25) is 0 Å². The van der Waals surface area contributed by atoms with Gasteiger partial charge in [-0.25, -0.2) is 14.2 Å². The van der Waals surface area contributed by atoms with E-state index in [1.807, 2.05) is 34.9 Å². The van der Waals surface area contributed by atoms with Gasteiger partial charge < -0.3 is 19.6 Å². The molecule has 0 bridgehead atoms. The SMILES string of the molecule is O=c1[nH]c2ccccc2n1CCCN1CCC(Cc2nc3ccc(O)cc3n2Cc2ccc(F)cc2)CC1. The number of hydrogen-bond donors (Lipinski definition) is 2. The van der Waals surface area contributed by atoms with E-state index < -0.39 is 0 Å². The molecule has 3 aromatic carbocycles. The molecule has 7 nitrogen and oxygen atoms in total. The van der Waals surface area contributed by atoms with Gasteiger partial charge in [0.1, 0.15) is 17.4 Å². The summed E-state index contributed by atoms with van der Waals surface area (Å²) >= 11 is 0. The van der Waals surface area contributed by atoms with E-state index in [4.69, 9.17) is 4.98 Å². The highest BCUT2D eigenvalue weighted by Gasteiger charge is 2.22. The number of aryl methyl sites for hydroxylation is 1. The van der Waals surface area contributed by atoms with Crippen LogP contribution in [0.3, 0.4) is 0 Å². The maximum atomic E-state index is 13.4. The quantitative estimate of drug-likeness (QED) is 0.309. The summed E-state index contributed by atoms with van der Waals surface area (Å²) in [7, 11) is 0. The second-order valence-corrected chi connectivity index (χ2v) is 10.4. The van der Waals surface area contributed by atoms with Crippen molar-refractivity contribution in [3.8, 4) is 5.75 Å². The summed E-state index contributed by atoms with van der Waals surface area (Å²) in [6, 6.07) is 19.7. The van der Waals surface area contributed by atoms with E-state index in [2.05, 4.69) is 14.5 Å². The summed E-state index contributed by atoms with van der Waals surface area (Å²) in [5.41, 5.74) is 4.58. The summed E-state index contributed by atoms with van der Waals surface area (Å²) in [4.78, 5) is 22.7. The van der Waals surface area contributed by atoms with Gasteiger partial charge in [0.25, 0.3) is 0 Å². The zero-order chi connectivity index (χ0) is 26.1. The minimum Gasteiger partial charge on any atom is -0.508 e. The van der Waals surface area contributed by atoms with E-state index in [1.54, 1.807) is 24.3 Å². The van der Waals surface area contributed by atoms with Gasteiger partial charge in [-0.2, -0.15) is 0 Å². The van der Waals surface area contributed by atoms with Gasteiger partial charge in [0.15, 0.2) is 0 Å². The minimum atomic E-state index is -0.248. The number of piperidine rings is 1. The normalized spacial score (nSPS) is 15.1. The molecule has 1 aliphatic rings. The standard InChI is InChI=1S/C30H32FN5O2/c31-23-8-6-22(7-9-23)20-36-28-19-24(37)10-11-26(28)32-29(36)18-21-12-16-34(17-13-21)14-3-15-35-27-5-2-1-4-25(27)33-30(35)38/h1-2,4-11,19,21,37H,3,12-18,20H2,(H,33,38). The first-order valence-corrected chi connectivity index (χ1v) is 13.4. The van der Waals surface area contributed by atoms with Gasteiger partial charge in [-0.15, -0.1) is 0 Å². The largest absolute Gasteiger partial charge is 0.508 e. The van der Waals surface area contributed by atoms with Gasteiger partial charge in [-0.3, -0.25) is 4.57 Å². The first-order valence-electron chi connectivity index (χ1n) is 13.4. The van der Waals surface area contributed by atoms with Gasteiger partial charge >= 0.3 is 5.69 Å². The molecule has 2 N–H and O–H groups in total. The Bertz CT molecular complexity index is 1610. The smallest absolute Gasteiger partial charge is 0.326 e. The number of phenols is 1. The zero-order valence-corrected chi connectivity index (χ0v) is 21.3. The number of phenolic OH excluding ortho intramolecular Hbond substituents is 1. The average Bonchev–Trinajstić information content (AvgIpc) is 3.42. The van der Waals surface area contributed by atoms with Crippen LogP contribution in [-0.2, 0) is 19.5 Å². The number of para-hydroxylation sites is 2. The Kier molecular flexibility index (Phi) is 6.72. The van der Waals surface area contributed by atoms with Crippen LogP contribution in [0, 0.1) is 11.7 Å². The number of likely N-dealkylation sites (tertiary alicyclic amines) is 1. The van der Waals surface area contributed by atoms with E-state index in [9.17, 15) is 14.3 Å². The summed E-state index contributed by atoms with van der Waals surface area (Å²) in [6.07, 6.45) is 3.99. The van der Waals surface area contributed by atoms with Crippen molar-refractivity contribution >= 4 is 22.1 Å². The van der Waals surface area contributed by atoms with Crippen LogP contribution in [0.5, 0.6) is 5.75 Å². The number of aromatic nitrogens is 4. The van der Waals surface area contributed by atoms with Crippen LogP contribution >= 0.6 is 0 Å². The molecular formula is C30H32FN5O2. The second-order valence-electron chi connectivity index (χ2n) is 10.4. The van der Waals surface area contributed by atoms with Crippen LogP contribution in [0.15, 0.2) is 71.5 Å². The van der Waals surface area contributed by atoms with Crippen molar-refractivity contribution in [2.75, 3.05) is 19.6 Å². The molecule has 0 saturated carbocycles. The molecule has 1 saturated heterocycles. The van der Waals surface area contributed by atoms with Crippen LogP contribution in [0.25, 0.3) is 22.1 Å². The van der Waals surface area contributed by atoms with Crippen LogP contribution in [-0.4, -0.2) is 48.7 Å². The lowest BCUT2D eigenvalue weighted by Gasteiger charge is -2.32. The van der Waals surface area contributed by atoms with Gasteiger partial charge in [-0.05, 0) is 86.8 Å². The first kappa shape index (κ1) is 24.4. The second kappa shape index (κ2) is 10.5. The van der Waals surface area contributed by atoms with Crippen LogP contribution < -0.4 is 5.69 Å². The van der Waals surface area contributed by atoms with Crippen molar-refractivity contribution in [2.45, 2.75) is 38.8 Å². The number of nitrogens with zero attached hydrogens (tertiary/aromatic N) is 4. The molecule has 196 valence electrons. The number of rotatable bonds is 8. The highest BCUT2D eigenvalue weighted by molar-refractivity contribution is 5.78. The Hall–Kier alpha value is -3.91. The third-order valence-corrected chi connectivity index (χ3v) is 7.78. The molecule has 0 radical (unpaired) electrons. The van der Waals surface area contributed by atoms with E-state index >= 15 is 0 Å². The molecule has 3 heterocycles. The fourth-order valence-corrected chi connectivity index (χ4v) is 5.72. The van der Waals surface area contributed by atoms with E-state index in [0.717, 1.165) is 78.8 Å². The molecule has 1 aliphatic heterocycles. The van der Waals surface area contributed by atoms with Crippen molar-refractivity contribution in [1.82, 2.24) is 24.0 Å². The van der Waals surface area contributed by atoms with E-state index in [-0.39, 0.29) is 17.3 Å². The number of nitrogens with one attached hydrogen (secondary N) is 1. The number of imidazole rings is 2. The summed E-state index contributed by atoms with van der Waals surface area (Å²) in [6.45, 7) is 4.34. The third-order valence-electron chi connectivity index (χ3n) is 7.78. The number of aromatic amines is 1. The highest BCUT2D eigenvalue weighted by Crippen LogP contribution is 2.27. The number of fused-ring (bicyclic) bond motifs is 2. The molecule has 0 aliphatic carbocycles. The molecule has 5 aromatic rings. The number of H-pyrrole nitrogens is 1. The Labute approximate surface area is 220 Å². The number of benzene rings is 3. The molecule has 6 rings (SSSR count). The van der Waals surface area contributed by atoms with Crippen molar-refractivity contribution in [3.63, 3.8) is 0 Å². The fourth-order valence-electron chi connectivity index (χ4n) is 5.72. The Morgan fingerprint density at radius 3 is 2.55 bits per heavy atom. The van der Waals surface area contributed by atoms with E-state index in [0.29, 0.717) is 19.0 Å². The predicted octanol–water partition coefficient (Wildman–Crippen LogP) is 4.92. The number of aromatic hydroxyl groups is 1. The fraction of sp³-hybridized carbons (Fsp3) is 0.333. The number of halogens is 1. The monoisotopic (exact) mass is 513 g/mol. The maximum absolute atomic E-state index is 13.4. The number of hydrogen-bond acceptors (Lipinski definition) is 4. The van der Waals surface area contributed by atoms with Crippen molar-refractivity contribution in [1.29, 1.82) is 0 Å². The molecule has 0 unspecified atom stereocenters. The Morgan fingerprint density at radius 1 is 0.947 bits per heavy atom. The summed E-state index contributed by atoms with van der Waals surface area (Å²) < 4.78 is 17.4. The van der Waals surface area contributed by atoms with Crippen molar-refractivity contribution in [3.05, 3.63) is 94.4 Å². The summed E-state index contributed by atoms with van der Waals surface area (Å²) in [5, 5.41) is 10.1. The van der Waals surface area contributed by atoms with E-state index in [1.165, 1.54) is 12.1 Å². The topological polar surface area (TPSA) is 79.1 Å². The van der Waals surface area contributed by atoms with Crippen LogP contribution in [0.1, 0.15) is 30.7 Å². The zero-order valence-electron chi connectivity index (χ0n) is 21.3. The van der Waals surface area contributed by atoms with Crippen LogP contribution in [0.2, 0.25) is 0 Å². The molecule has 2 aromatic heterocycles. The minimum absolute atomic E-state index is 0.0400.